The Morgan fingerprint density at radius 3 is 2.79 bits per heavy atom. The minimum atomic E-state index is -0.542. The number of benzene rings is 1. The molecular formula is C17H20ClN5O5. The van der Waals surface area contributed by atoms with Crippen LogP contribution in [-0.2, 0) is 7.05 Å². The molecule has 2 rings (SSSR count). The molecule has 0 bridgehead atoms. The van der Waals surface area contributed by atoms with E-state index in [0.717, 1.165) is 4.68 Å². The number of aryl methyl sites for hydroxylation is 1. The van der Waals surface area contributed by atoms with E-state index in [9.17, 15) is 14.9 Å². The molecule has 0 aliphatic rings. The first-order chi connectivity index (χ1) is 13.4. The van der Waals surface area contributed by atoms with E-state index in [0.29, 0.717) is 25.2 Å². The van der Waals surface area contributed by atoms with Crippen LogP contribution in [0.3, 0.4) is 0 Å². The standard InChI is InChI=1S/C17H20ClN5O5/c1-4-6-28-16-13(23(25)26)7-11(8-14(16)27-5-2)9-19-21-12-10-20-22(3)17(24)15(12)18/h7-10,21H,4-6H2,1-3H3/b19-9-. The number of nitro groups is 1. The Kier molecular flexibility index (Phi) is 7.33. The molecule has 0 amide bonds. The lowest BCUT2D eigenvalue weighted by atomic mass is 10.2. The van der Waals surface area contributed by atoms with Gasteiger partial charge in [0, 0.05) is 18.7 Å². The summed E-state index contributed by atoms with van der Waals surface area (Å²) in [5.74, 6) is 0.331. The zero-order chi connectivity index (χ0) is 20.7. The second-order valence-corrected chi connectivity index (χ2v) is 5.95. The van der Waals surface area contributed by atoms with Gasteiger partial charge in [-0.05, 0) is 19.4 Å². The third kappa shape index (κ3) is 4.97. The molecule has 0 aliphatic carbocycles. The van der Waals surface area contributed by atoms with Crippen LogP contribution in [-0.4, -0.2) is 34.1 Å². The summed E-state index contributed by atoms with van der Waals surface area (Å²) in [6.07, 6.45) is 3.38. The molecule has 11 heteroatoms. The lowest BCUT2D eigenvalue weighted by molar-refractivity contribution is -0.386. The molecule has 1 aromatic heterocycles. The molecule has 150 valence electrons. The van der Waals surface area contributed by atoms with Crippen molar-refractivity contribution in [3.8, 4) is 11.5 Å². The smallest absolute Gasteiger partial charge is 0.315 e. The normalized spacial score (nSPS) is 10.9. The lowest BCUT2D eigenvalue weighted by Crippen LogP contribution is -2.20. The van der Waals surface area contributed by atoms with Crippen molar-refractivity contribution in [2.45, 2.75) is 20.3 Å². The molecule has 0 saturated carbocycles. The fraction of sp³-hybridized carbons (Fsp3) is 0.353. The maximum atomic E-state index is 11.8. The highest BCUT2D eigenvalue weighted by Gasteiger charge is 2.22. The van der Waals surface area contributed by atoms with Crippen molar-refractivity contribution in [2.24, 2.45) is 12.1 Å². The third-order valence-corrected chi connectivity index (χ3v) is 3.85. The average molecular weight is 410 g/mol. The van der Waals surface area contributed by atoms with Crippen LogP contribution in [0.4, 0.5) is 11.4 Å². The molecule has 28 heavy (non-hydrogen) atoms. The van der Waals surface area contributed by atoms with Crippen LogP contribution in [0.25, 0.3) is 0 Å². The summed E-state index contributed by atoms with van der Waals surface area (Å²) in [5.41, 5.74) is 2.51. The number of halogens is 1. The Hall–Kier alpha value is -3.14. The first kappa shape index (κ1) is 21.2. The highest BCUT2D eigenvalue weighted by atomic mass is 35.5. The van der Waals surface area contributed by atoms with Gasteiger partial charge in [-0.15, -0.1) is 0 Å². The number of hydrazone groups is 1. The number of aromatic nitrogens is 2. The molecule has 10 nitrogen and oxygen atoms in total. The Labute approximate surface area is 165 Å². The second-order valence-electron chi connectivity index (χ2n) is 5.58. The van der Waals surface area contributed by atoms with Crippen LogP contribution >= 0.6 is 11.6 Å². The van der Waals surface area contributed by atoms with Crippen molar-refractivity contribution >= 4 is 29.2 Å². The van der Waals surface area contributed by atoms with Gasteiger partial charge in [0.25, 0.3) is 5.56 Å². The number of rotatable bonds is 9. The van der Waals surface area contributed by atoms with Gasteiger partial charge in [-0.25, -0.2) is 4.68 Å². The second kappa shape index (κ2) is 9.70. The van der Waals surface area contributed by atoms with E-state index >= 15 is 0 Å². The molecule has 0 unspecified atom stereocenters. The maximum Gasteiger partial charge on any atom is 0.315 e. The van der Waals surface area contributed by atoms with Gasteiger partial charge in [-0.2, -0.15) is 10.2 Å². The van der Waals surface area contributed by atoms with Crippen molar-refractivity contribution in [1.29, 1.82) is 0 Å². The van der Waals surface area contributed by atoms with Gasteiger partial charge in [0.05, 0.1) is 30.5 Å². The third-order valence-electron chi connectivity index (χ3n) is 3.48. The van der Waals surface area contributed by atoms with Crippen LogP contribution in [0, 0.1) is 10.1 Å². The number of anilines is 1. The van der Waals surface area contributed by atoms with Crippen molar-refractivity contribution < 1.29 is 14.4 Å². The molecule has 1 N–H and O–H groups in total. The van der Waals surface area contributed by atoms with Crippen molar-refractivity contribution in [2.75, 3.05) is 18.6 Å². The molecular weight excluding hydrogens is 390 g/mol. The fourth-order valence-corrected chi connectivity index (χ4v) is 2.41. The van der Waals surface area contributed by atoms with Crippen LogP contribution < -0.4 is 20.5 Å². The predicted octanol–water partition coefficient (Wildman–Crippen LogP) is 2.98. The number of hydrogen-bond donors (Lipinski definition) is 1. The number of hydrogen-bond acceptors (Lipinski definition) is 8. The van der Waals surface area contributed by atoms with Gasteiger partial charge in [-0.3, -0.25) is 20.3 Å². The van der Waals surface area contributed by atoms with Crippen LogP contribution in [0.5, 0.6) is 11.5 Å². The van der Waals surface area contributed by atoms with Crippen LogP contribution in [0.15, 0.2) is 28.2 Å². The first-order valence-corrected chi connectivity index (χ1v) is 8.85. The molecule has 1 heterocycles. The molecule has 0 spiro atoms. The van der Waals surface area contributed by atoms with Gasteiger partial charge in [0.1, 0.15) is 10.7 Å². The van der Waals surface area contributed by atoms with E-state index < -0.39 is 10.5 Å². The zero-order valence-corrected chi connectivity index (χ0v) is 16.4. The summed E-state index contributed by atoms with van der Waals surface area (Å²) in [6.45, 7) is 4.30. The molecule has 0 atom stereocenters. The van der Waals surface area contributed by atoms with E-state index in [1.165, 1.54) is 25.5 Å². The van der Waals surface area contributed by atoms with E-state index in [1.807, 2.05) is 6.92 Å². The Balaban J connectivity index is 2.34. The molecule has 0 fully saturated rings. The highest BCUT2D eigenvalue weighted by molar-refractivity contribution is 6.32. The first-order valence-electron chi connectivity index (χ1n) is 8.47. The largest absolute Gasteiger partial charge is 0.490 e. The summed E-state index contributed by atoms with van der Waals surface area (Å²) in [4.78, 5) is 22.7. The summed E-state index contributed by atoms with van der Waals surface area (Å²) < 4.78 is 12.1. The quantitative estimate of drug-likeness (QED) is 0.384. The van der Waals surface area contributed by atoms with Crippen LogP contribution in [0.1, 0.15) is 25.8 Å². The summed E-state index contributed by atoms with van der Waals surface area (Å²) in [5, 5.41) is 19.2. The monoisotopic (exact) mass is 409 g/mol. The van der Waals surface area contributed by atoms with E-state index in [2.05, 4.69) is 15.6 Å². The van der Waals surface area contributed by atoms with Crippen LogP contribution in [0.2, 0.25) is 5.02 Å². The van der Waals surface area contributed by atoms with Gasteiger partial charge in [-0.1, -0.05) is 18.5 Å². The van der Waals surface area contributed by atoms with E-state index in [-0.39, 0.29) is 27.9 Å². The average Bonchev–Trinajstić information content (AvgIpc) is 2.67. The predicted molar refractivity (Wildman–Crippen MR) is 106 cm³/mol. The van der Waals surface area contributed by atoms with E-state index in [4.69, 9.17) is 21.1 Å². The van der Waals surface area contributed by atoms with E-state index in [1.54, 1.807) is 13.0 Å². The molecule has 2 aromatic rings. The molecule has 0 saturated heterocycles. The molecule has 0 radical (unpaired) electrons. The van der Waals surface area contributed by atoms with Gasteiger partial charge in [0.15, 0.2) is 5.75 Å². The minimum Gasteiger partial charge on any atom is -0.490 e. The minimum absolute atomic E-state index is 0.0704. The summed E-state index contributed by atoms with van der Waals surface area (Å²) >= 11 is 5.95. The number of nitrogens with one attached hydrogen (secondary N) is 1. The molecule has 1 aromatic carbocycles. The fourth-order valence-electron chi connectivity index (χ4n) is 2.20. The SMILES string of the molecule is CCCOc1c(OCC)cc(/C=N\Nc2cnn(C)c(=O)c2Cl)cc1[N+](=O)[O-]. The van der Waals surface area contributed by atoms with Gasteiger partial charge < -0.3 is 9.47 Å². The van der Waals surface area contributed by atoms with Gasteiger partial charge in [0.2, 0.25) is 5.75 Å². The lowest BCUT2D eigenvalue weighted by Gasteiger charge is -2.12. The number of nitro benzene ring substituents is 1. The Morgan fingerprint density at radius 2 is 2.14 bits per heavy atom. The number of nitrogens with zero attached hydrogens (tertiary/aromatic N) is 4. The summed E-state index contributed by atoms with van der Waals surface area (Å²) in [7, 11) is 1.47. The summed E-state index contributed by atoms with van der Waals surface area (Å²) in [6, 6.07) is 2.90. The number of ether oxygens (including phenoxy) is 2. The van der Waals surface area contributed by atoms with Crippen molar-refractivity contribution in [3.63, 3.8) is 0 Å². The molecule has 0 aliphatic heterocycles. The topological polar surface area (TPSA) is 121 Å². The Bertz CT molecular complexity index is 944. The van der Waals surface area contributed by atoms with Gasteiger partial charge >= 0.3 is 5.69 Å². The zero-order valence-electron chi connectivity index (χ0n) is 15.6. The van der Waals surface area contributed by atoms with Crippen molar-refractivity contribution in [1.82, 2.24) is 9.78 Å². The maximum absolute atomic E-state index is 11.8. The van der Waals surface area contributed by atoms with Crippen molar-refractivity contribution in [3.05, 3.63) is 49.4 Å². The highest BCUT2D eigenvalue weighted by Crippen LogP contribution is 2.38. The Morgan fingerprint density at radius 1 is 1.39 bits per heavy atom.